The van der Waals surface area contributed by atoms with Gasteiger partial charge in [0.2, 0.25) is 5.91 Å². The van der Waals surface area contributed by atoms with Crippen LogP contribution in [-0.4, -0.2) is 24.0 Å². The summed E-state index contributed by atoms with van der Waals surface area (Å²) in [7, 11) is 0. The molecule has 3 rings (SSSR count). The first-order chi connectivity index (χ1) is 15.9. The van der Waals surface area contributed by atoms with E-state index in [0.717, 1.165) is 22.3 Å². The number of benzene rings is 3. The molecule has 0 heterocycles. The van der Waals surface area contributed by atoms with Crippen LogP contribution in [0.2, 0.25) is 0 Å². The van der Waals surface area contributed by atoms with E-state index in [1.165, 1.54) is 0 Å². The van der Waals surface area contributed by atoms with Crippen LogP contribution in [0.1, 0.15) is 36.9 Å². The maximum atomic E-state index is 12.5. The van der Waals surface area contributed by atoms with Crippen LogP contribution in [0.15, 0.2) is 84.9 Å². The van der Waals surface area contributed by atoms with Crippen LogP contribution in [0, 0.1) is 0 Å². The number of hydrogen-bond acceptors (Lipinski definition) is 5. The first kappa shape index (κ1) is 24.2. The Kier molecular flexibility index (Phi) is 8.75. The van der Waals surface area contributed by atoms with E-state index in [1.807, 2.05) is 79.7 Å². The summed E-state index contributed by atoms with van der Waals surface area (Å²) in [6, 6.07) is 25.8. The molecule has 172 valence electrons. The van der Waals surface area contributed by atoms with Gasteiger partial charge in [-0.2, -0.15) is 0 Å². The summed E-state index contributed by atoms with van der Waals surface area (Å²) >= 11 is 0. The Labute approximate surface area is 194 Å². The summed E-state index contributed by atoms with van der Waals surface area (Å²) in [6.45, 7) is 2.08. The highest BCUT2D eigenvalue weighted by atomic mass is 16.5. The molecular weight excluding hydrogens is 414 g/mol. The Bertz CT molecular complexity index is 1020. The molecule has 33 heavy (non-hydrogen) atoms. The van der Waals surface area contributed by atoms with Crippen LogP contribution in [0.4, 0.5) is 0 Å². The fourth-order valence-corrected chi connectivity index (χ4v) is 3.44. The van der Waals surface area contributed by atoms with E-state index in [-0.39, 0.29) is 31.4 Å². The SMILES string of the molecule is CC(NC(=O)[C@H](N)CC[C@H](N)C(=O)OCc1ccccc1)c1ccc(-c2ccccc2)cc1. The van der Waals surface area contributed by atoms with Gasteiger partial charge in [-0.3, -0.25) is 9.59 Å². The molecule has 0 aliphatic carbocycles. The Morgan fingerprint density at radius 2 is 1.33 bits per heavy atom. The predicted molar refractivity (Wildman–Crippen MR) is 130 cm³/mol. The van der Waals surface area contributed by atoms with Crippen molar-refractivity contribution in [1.82, 2.24) is 5.32 Å². The van der Waals surface area contributed by atoms with Gasteiger partial charge in [0, 0.05) is 0 Å². The Hall–Kier alpha value is -3.48. The van der Waals surface area contributed by atoms with Gasteiger partial charge in [0.25, 0.3) is 0 Å². The van der Waals surface area contributed by atoms with E-state index in [0.29, 0.717) is 0 Å². The topological polar surface area (TPSA) is 107 Å². The monoisotopic (exact) mass is 445 g/mol. The van der Waals surface area contributed by atoms with Crippen molar-refractivity contribution in [3.05, 3.63) is 96.1 Å². The first-order valence-electron chi connectivity index (χ1n) is 11.1. The number of ether oxygens (including phenoxy) is 1. The lowest BCUT2D eigenvalue weighted by molar-refractivity contribution is -0.146. The molecule has 0 fully saturated rings. The standard InChI is InChI=1S/C27H31N3O3/c1-19(21-12-14-23(15-13-21)22-10-6-3-7-11-22)30-26(31)24(28)16-17-25(29)27(32)33-18-20-8-4-2-5-9-20/h2-15,19,24-25H,16-18,28-29H2,1H3,(H,30,31)/t19?,24-,25+/m1/s1. The smallest absolute Gasteiger partial charge is 0.323 e. The summed E-state index contributed by atoms with van der Waals surface area (Å²) < 4.78 is 5.24. The lowest BCUT2D eigenvalue weighted by Gasteiger charge is -2.19. The molecule has 5 N–H and O–H groups in total. The number of rotatable bonds is 10. The zero-order chi connectivity index (χ0) is 23.6. The van der Waals surface area contributed by atoms with Gasteiger partial charge < -0.3 is 21.5 Å². The second kappa shape index (κ2) is 11.9. The van der Waals surface area contributed by atoms with E-state index in [2.05, 4.69) is 17.4 Å². The fraction of sp³-hybridized carbons (Fsp3) is 0.259. The van der Waals surface area contributed by atoms with Crippen LogP contribution in [0.5, 0.6) is 0 Å². The minimum Gasteiger partial charge on any atom is -0.460 e. The second-order valence-electron chi connectivity index (χ2n) is 8.10. The van der Waals surface area contributed by atoms with Crippen molar-refractivity contribution in [1.29, 1.82) is 0 Å². The first-order valence-corrected chi connectivity index (χ1v) is 11.1. The molecule has 0 bridgehead atoms. The largest absolute Gasteiger partial charge is 0.460 e. The maximum absolute atomic E-state index is 12.5. The summed E-state index contributed by atoms with van der Waals surface area (Å²) in [5.41, 5.74) is 16.1. The lowest BCUT2D eigenvalue weighted by Crippen LogP contribution is -2.43. The Morgan fingerprint density at radius 3 is 1.97 bits per heavy atom. The molecule has 0 saturated heterocycles. The number of nitrogens with two attached hydrogens (primary N) is 2. The molecule has 0 aliphatic heterocycles. The molecule has 6 heteroatoms. The normalized spacial score (nSPS) is 13.5. The molecule has 6 nitrogen and oxygen atoms in total. The van der Waals surface area contributed by atoms with E-state index < -0.39 is 18.1 Å². The second-order valence-corrected chi connectivity index (χ2v) is 8.10. The maximum Gasteiger partial charge on any atom is 0.323 e. The number of hydrogen-bond donors (Lipinski definition) is 3. The summed E-state index contributed by atoms with van der Waals surface area (Å²) in [5, 5.41) is 2.93. The van der Waals surface area contributed by atoms with Crippen LogP contribution < -0.4 is 16.8 Å². The van der Waals surface area contributed by atoms with Crippen LogP contribution >= 0.6 is 0 Å². The van der Waals surface area contributed by atoms with Gasteiger partial charge in [0.05, 0.1) is 12.1 Å². The molecule has 0 spiro atoms. The highest BCUT2D eigenvalue weighted by molar-refractivity contribution is 5.82. The molecule has 0 saturated carbocycles. The van der Waals surface area contributed by atoms with Gasteiger partial charge in [-0.15, -0.1) is 0 Å². The number of amides is 1. The van der Waals surface area contributed by atoms with Crippen LogP contribution in [0.3, 0.4) is 0 Å². The third-order valence-corrected chi connectivity index (χ3v) is 5.53. The molecule has 3 aromatic rings. The molecule has 1 amide bonds. The van der Waals surface area contributed by atoms with Gasteiger partial charge >= 0.3 is 5.97 Å². The van der Waals surface area contributed by atoms with Crippen molar-refractivity contribution in [3.63, 3.8) is 0 Å². The zero-order valence-electron chi connectivity index (χ0n) is 18.8. The number of nitrogens with one attached hydrogen (secondary N) is 1. The molecule has 0 aromatic heterocycles. The quantitative estimate of drug-likeness (QED) is 0.412. The van der Waals surface area contributed by atoms with Crippen molar-refractivity contribution in [2.75, 3.05) is 0 Å². The van der Waals surface area contributed by atoms with Crippen LogP contribution in [0.25, 0.3) is 11.1 Å². The molecule has 0 radical (unpaired) electrons. The van der Waals surface area contributed by atoms with Gasteiger partial charge in [-0.25, -0.2) is 0 Å². The van der Waals surface area contributed by atoms with E-state index >= 15 is 0 Å². The molecule has 0 aliphatic rings. The van der Waals surface area contributed by atoms with E-state index in [4.69, 9.17) is 16.2 Å². The molecule has 3 atom stereocenters. The lowest BCUT2D eigenvalue weighted by atomic mass is 10.0. The zero-order valence-corrected chi connectivity index (χ0v) is 18.8. The third kappa shape index (κ3) is 7.27. The van der Waals surface area contributed by atoms with Crippen molar-refractivity contribution in [2.45, 2.75) is 44.5 Å². The number of carbonyl (C=O) groups is 2. The summed E-state index contributed by atoms with van der Waals surface area (Å²) in [5.74, 6) is -0.780. The average molecular weight is 446 g/mol. The van der Waals surface area contributed by atoms with Gasteiger partial charge in [-0.05, 0) is 42.0 Å². The van der Waals surface area contributed by atoms with E-state index in [1.54, 1.807) is 0 Å². The van der Waals surface area contributed by atoms with Crippen molar-refractivity contribution < 1.29 is 14.3 Å². The Morgan fingerprint density at radius 1 is 0.788 bits per heavy atom. The van der Waals surface area contributed by atoms with Crippen molar-refractivity contribution in [3.8, 4) is 11.1 Å². The summed E-state index contributed by atoms with van der Waals surface area (Å²) in [6.07, 6.45) is 0.551. The highest BCUT2D eigenvalue weighted by Crippen LogP contribution is 2.21. The third-order valence-electron chi connectivity index (χ3n) is 5.53. The predicted octanol–water partition coefficient (Wildman–Crippen LogP) is 3.71. The van der Waals surface area contributed by atoms with E-state index in [9.17, 15) is 9.59 Å². The minimum absolute atomic E-state index is 0.167. The van der Waals surface area contributed by atoms with Crippen LogP contribution in [-0.2, 0) is 20.9 Å². The number of esters is 1. The molecular formula is C27H31N3O3. The Balaban J connectivity index is 1.43. The van der Waals surface area contributed by atoms with Gasteiger partial charge in [0.15, 0.2) is 0 Å². The average Bonchev–Trinajstić information content (AvgIpc) is 2.86. The number of carbonyl (C=O) groups excluding carboxylic acids is 2. The fourth-order valence-electron chi connectivity index (χ4n) is 3.44. The highest BCUT2D eigenvalue weighted by Gasteiger charge is 2.21. The van der Waals surface area contributed by atoms with Crippen molar-refractivity contribution in [2.24, 2.45) is 11.5 Å². The molecule has 1 unspecified atom stereocenters. The molecule has 3 aromatic carbocycles. The van der Waals surface area contributed by atoms with Crippen molar-refractivity contribution >= 4 is 11.9 Å². The minimum atomic E-state index is -0.824. The van der Waals surface area contributed by atoms with Gasteiger partial charge in [-0.1, -0.05) is 84.9 Å². The van der Waals surface area contributed by atoms with Gasteiger partial charge in [0.1, 0.15) is 12.6 Å². The summed E-state index contributed by atoms with van der Waals surface area (Å²) in [4.78, 5) is 24.6.